The van der Waals surface area contributed by atoms with E-state index < -0.39 is 0 Å². The maximum Gasteiger partial charge on any atom is 0.147 e. The Morgan fingerprint density at radius 3 is 2.50 bits per heavy atom. The second-order valence-electron chi connectivity index (χ2n) is 4.78. The van der Waals surface area contributed by atoms with E-state index in [9.17, 15) is 0 Å². The maximum absolute atomic E-state index is 5.68. The van der Waals surface area contributed by atoms with Crippen LogP contribution in [0.4, 0.5) is 0 Å². The van der Waals surface area contributed by atoms with Crippen molar-refractivity contribution < 1.29 is 0 Å². The third kappa shape index (κ3) is 3.27. The Morgan fingerprint density at radius 1 is 1.44 bits per heavy atom. The predicted molar refractivity (Wildman–Crippen MR) is 69.3 cm³/mol. The summed E-state index contributed by atoms with van der Waals surface area (Å²) in [6, 6.07) is 0. The minimum absolute atomic E-state index is 0.0706. The van der Waals surface area contributed by atoms with Crippen LogP contribution in [0.3, 0.4) is 0 Å². The van der Waals surface area contributed by atoms with Gasteiger partial charge in [-0.15, -0.1) is 0 Å². The van der Waals surface area contributed by atoms with E-state index in [-0.39, 0.29) is 5.41 Å². The van der Waals surface area contributed by atoms with Crippen LogP contribution < -0.4 is 5.73 Å². The number of aromatic nitrogens is 3. The van der Waals surface area contributed by atoms with Gasteiger partial charge in [-0.05, 0) is 26.7 Å². The van der Waals surface area contributed by atoms with Gasteiger partial charge in [0, 0.05) is 12.0 Å². The fourth-order valence-electron chi connectivity index (χ4n) is 1.57. The largest absolute Gasteiger partial charge is 0.393 e. The molecule has 0 spiro atoms. The summed E-state index contributed by atoms with van der Waals surface area (Å²) >= 11 is 5.03. The highest BCUT2D eigenvalue weighted by Crippen LogP contribution is 2.22. The average molecular weight is 240 g/mol. The van der Waals surface area contributed by atoms with E-state index in [4.69, 9.17) is 18.0 Å². The lowest BCUT2D eigenvalue weighted by molar-refractivity contribution is 0.422. The van der Waals surface area contributed by atoms with Crippen molar-refractivity contribution in [1.82, 2.24) is 14.8 Å². The fourth-order valence-corrected chi connectivity index (χ4v) is 1.67. The van der Waals surface area contributed by atoms with E-state index in [0.29, 0.717) is 4.99 Å². The van der Waals surface area contributed by atoms with E-state index in [1.807, 2.05) is 18.5 Å². The normalized spacial score (nSPS) is 11.8. The molecule has 2 N–H and O–H groups in total. The lowest BCUT2D eigenvalue weighted by Gasteiger charge is -2.22. The van der Waals surface area contributed by atoms with Gasteiger partial charge in [0.1, 0.15) is 11.6 Å². The molecule has 0 radical (unpaired) electrons. The summed E-state index contributed by atoms with van der Waals surface area (Å²) in [6.45, 7) is 8.91. The Balaban J connectivity index is 2.48. The summed E-state index contributed by atoms with van der Waals surface area (Å²) in [5.41, 5.74) is 5.61. The van der Waals surface area contributed by atoms with Crippen molar-refractivity contribution in [3.05, 3.63) is 11.6 Å². The second-order valence-corrected chi connectivity index (χ2v) is 5.22. The summed E-state index contributed by atoms with van der Waals surface area (Å²) in [5.74, 6) is 1.79. The standard InChI is InChI=1S/C11H20N4S/c1-8-13-9(2)15(14-8)7-5-6-11(3,4)10(12)16/h5-7H2,1-4H3,(H2,12,16). The summed E-state index contributed by atoms with van der Waals surface area (Å²) in [5, 5.41) is 4.32. The molecule has 0 bridgehead atoms. The molecule has 1 aromatic rings. The van der Waals surface area contributed by atoms with E-state index >= 15 is 0 Å². The molecule has 0 saturated carbocycles. The molecule has 1 rings (SSSR count). The van der Waals surface area contributed by atoms with Crippen molar-refractivity contribution in [2.45, 2.75) is 47.1 Å². The van der Waals surface area contributed by atoms with Gasteiger partial charge in [0.25, 0.3) is 0 Å². The summed E-state index contributed by atoms with van der Waals surface area (Å²) < 4.78 is 1.94. The molecule has 0 saturated heterocycles. The zero-order valence-corrected chi connectivity index (χ0v) is 11.3. The Bertz CT molecular complexity index is 381. The molecular formula is C11H20N4S. The molecule has 0 amide bonds. The summed E-state index contributed by atoms with van der Waals surface area (Å²) in [6.07, 6.45) is 1.98. The van der Waals surface area contributed by atoms with Gasteiger partial charge in [-0.25, -0.2) is 4.98 Å². The van der Waals surface area contributed by atoms with Crippen LogP contribution >= 0.6 is 12.2 Å². The first-order chi connectivity index (χ1) is 7.33. The van der Waals surface area contributed by atoms with Gasteiger partial charge in [0.05, 0.1) is 4.99 Å². The molecule has 0 fully saturated rings. The fraction of sp³-hybridized carbons (Fsp3) is 0.727. The third-order valence-electron chi connectivity index (χ3n) is 2.80. The SMILES string of the molecule is Cc1nc(C)n(CCCC(C)(C)C(N)=S)n1. The monoisotopic (exact) mass is 240 g/mol. The van der Waals surface area contributed by atoms with Crippen LogP contribution in [-0.4, -0.2) is 19.8 Å². The first kappa shape index (κ1) is 13.1. The first-order valence-corrected chi connectivity index (χ1v) is 5.92. The van der Waals surface area contributed by atoms with Gasteiger partial charge in [0.2, 0.25) is 0 Å². The number of rotatable bonds is 5. The van der Waals surface area contributed by atoms with Crippen LogP contribution in [0.5, 0.6) is 0 Å². The highest BCUT2D eigenvalue weighted by molar-refractivity contribution is 7.80. The molecule has 1 heterocycles. The van der Waals surface area contributed by atoms with Crippen LogP contribution in [0.25, 0.3) is 0 Å². The molecular weight excluding hydrogens is 220 g/mol. The predicted octanol–water partition coefficient (Wildman–Crippen LogP) is 1.99. The minimum atomic E-state index is -0.0706. The number of hydrogen-bond acceptors (Lipinski definition) is 3. The molecule has 0 aliphatic rings. The third-order valence-corrected chi connectivity index (χ3v) is 3.35. The highest BCUT2D eigenvalue weighted by atomic mass is 32.1. The van der Waals surface area contributed by atoms with E-state index in [1.165, 1.54) is 0 Å². The number of thiocarbonyl (C=S) groups is 1. The zero-order chi connectivity index (χ0) is 12.3. The first-order valence-electron chi connectivity index (χ1n) is 5.51. The van der Waals surface area contributed by atoms with E-state index in [0.717, 1.165) is 31.0 Å². The Kier molecular flexibility index (Phi) is 4.02. The minimum Gasteiger partial charge on any atom is -0.393 e. The van der Waals surface area contributed by atoms with Crippen LogP contribution in [0, 0.1) is 19.3 Å². The van der Waals surface area contributed by atoms with Crippen molar-refractivity contribution in [3.8, 4) is 0 Å². The summed E-state index contributed by atoms with van der Waals surface area (Å²) in [7, 11) is 0. The topological polar surface area (TPSA) is 56.7 Å². The lowest BCUT2D eigenvalue weighted by Crippen LogP contribution is -2.29. The quantitative estimate of drug-likeness (QED) is 0.800. The summed E-state index contributed by atoms with van der Waals surface area (Å²) in [4.78, 5) is 4.85. The Hall–Kier alpha value is -0.970. The number of aryl methyl sites for hydroxylation is 3. The van der Waals surface area contributed by atoms with Crippen molar-refractivity contribution in [2.75, 3.05) is 0 Å². The number of hydrogen-bond donors (Lipinski definition) is 1. The van der Waals surface area contributed by atoms with E-state index in [2.05, 4.69) is 23.9 Å². The van der Waals surface area contributed by atoms with Crippen LogP contribution in [0.15, 0.2) is 0 Å². The molecule has 0 aliphatic carbocycles. The van der Waals surface area contributed by atoms with Gasteiger partial charge in [-0.3, -0.25) is 4.68 Å². The highest BCUT2D eigenvalue weighted by Gasteiger charge is 2.20. The number of nitrogens with zero attached hydrogens (tertiary/aromatic N) is 3. The van der Waals surface area contributed by atoms with Crippen LogP contribution in [-0.2, 0) is 6.54 Å². The molecule has 0 aliphatic heterocycles. The molecule has 0 atom stereocenters. The molecule has 0 unspecified atom stereocenters. The van der Waals surface area contributed by atoms with Crippen molar-refractivity contribution >= 4 is 17.2 Å². The van der Waals surface area contributed by atoms with E-state index in [1.54, 1.807) is 0 Å². The molecule has 16 heavy (non-hydrogen) atoms. The number of nitrogens with two attached hydrogens (primary N) is 1. The smallest absolute Gasteiger partial charge is 0.147 e. The van der Waals surface area contributed by atoms with Gasteiger partial charge in [-0.1, -0.05) is 26.1 Å². The van der Waals surface area contributed by atoms with Crippen molar-refractivity contribution in [1.29, 1.82) is 0 Å². The molecule has 0 aromatic carbocycles. The zero-order valence-electron chi connectivity index (χ0n) is 10.4. The Morgan fingerprint density at radius 2 is 2.06 bits per heavy atom. The van der Waals surface area contributed by atoms with Crippen LogP contribution in [0.1, 0.15) is 38.3 Å². The Labute approximate surface area is 102 Å². The van der Waals surface area contributed by atoms with Gasteiger partial charge in [-0.2, -0.15) is 5.10 Å². The lowest BCUT2D eigenvalue weighted by atomic mass is 9.88. The van der Waals surface area contributed by atoms with Crippen LogP contribution in [0.2, 0.25) is 0 Å². The molecule has 4 nitrogen and oxygen atoms in total. The molecule has 1 aromatic heterocycles. The van der Waals surface area contributed by atoms with Crippen molar-refractivity contribution in [2.24, 2.45) is 11.1 Å². The maximum atomic E-state index is 5.68. The average Bonchev–Trinajstić information content (AvgIpc) is 2.44. The van der Waals surface area contributed by atoms with Crippen molar-refractivity contribution in [3.63, 3.8) is 0 Å². The molecule has 5 heteroatoms. The second kappa shape index (κ2) is 4.91. The van der Waals surface area contributed by atoms with Gasteiger partial charge in [0.15, 0.2) is 0 Å². The van der Waals surface area contributed by atoms with Gasteiger partial charge < -0.3 is 5.73 Å². The molecule has 90 valence electrons. The van der Waals surface area contributed by atoms with Gasteiger partial charge >= 0.3 is 0 Å².